The maximum Gasteiger partial charge on any atom is 0.0252 e. The van der Waals surface area contributed by atoms with Gasteiger partial charge < -0.3 is 4.57 Å². The smallest absolute Gasteiger partial charge is 0.0252 e. The summed E-state index contributed by atoms with van der Waals surface area (Å²) < 4.78 is 2.14. The summed E-state index contributed by atoms with van der Waals surface area (Å²) in [5, 5.41) is 0. The highest BCUT2D eigenvalue weighted by atomic mass is 15.1. The van der Waals surface area contributed by atoms with Gasteiger partial charge in [0.05, 0.1) is 0 Å². The van der Waals surface area contributed by atoms with Gasteiger partial charge in [-0.05, 0) is 18.2 Å². The second kappa shape index (κ2) is 1.86. The number of fused-ring (bicyclic) bond motifs is 1. The van der Waals surface area contributed by atoms with Crippen molar-refractivity contribution in [2.45, 2.75) is 13.1 Å². The summed E-state index contributed by atoms with van der Waals surface area (Å²) in [7, 11) is 4.23. The lowest BCUT2D eigenvalue weighted by Crippen LogP contribution is -2.08. The predicted octanol–water partition coefficient (Wildman–Crippen LogP) is 0.971. The quantitative estimate of drug-likeness (QED) is 0.516. The molecule has 0 radical (unpaired) electrons. The highest BCUT2D eigenvalue weighted by molar-refractivity contribution is 5.27. The molecule has 2 rings (SSSR count). The molecule has 0 saturated heterocycles. The molecule has 10 heavy (non-hydrogen) atoms. The number of aromatic nitrogens is 1. The molecule has 1 aliphatic heterocycles. The third kappa shape index (κ3) is 0.762. The zero-order valence-electron chi connectivity index (χ0n) is 6.46. The fourth-order valence-corrected chi connectivity index (χ4v) is 1.62. The third-order valence-electron chi connectivity index (χ3n) is 2.01. The predicted molar refractivity (Wildman–Crippen MR) is 40.6 cm³/mol. The van der Waals surface area contributed by atoms with Crippen molar-refractivity contribution in [2.75, 3.05) is 7.05 Å². The molecule has 1 aliphatic rings. The SMILES string of the molecule is CN1Cc2cn(C)cc2C1. The topological polar surface area (TPSA) is 8.17 Å². The van der Waals surface area contributed by atoms with Gasteiger partial charge >= 0.3 is 0 Å². The molecule has 54 valence electrons. The van der Waals surface area contributed by atoms with Crippen molar-refractivity contribution in [3.05, 3.63) is 23.5 Å². The Balaban J connectivity index is 2.39. The van der Waals surface area contributed by atoms with Crippen LogP contribution in [0.4, 0.5) is 0 Å². The summed E-state index contributed by atoms with van der Waals surface area (Å²) in [6.07, 6.45) is 4.41. The summed E-state index contributed by atoms with van der Waals surface area (Å²) >= 11 is 0. The minimum atomic E-state index is 1.12. The van der Waals surface area contributed by atoms with E-state index in [0.29, 0.717) is 0 Å². The second-order valence-electron chi connectivity index (χ2n) is 3.15. The summed E-state index contributed by atoms with van der Waals surface area (Å²) in [4.78, 5) is 2.32. The van der Waals surface area contributed by atoms with Crippen LogP contribution in [0.5, 0.6) is 0 Å². The minimum absolute atomic E-state index is 1.12. The van der Waals surface area contributed by atoms with Crippen molar-refractivity contribution in [1.82, 2.24) is 9.47 Å². The average Bonchev–Trinajstić information content (AvgIpc) is 2.21. The van der Waals surface area contributed by atoms with Crippen LogP contribution in [0.3, 0.4) is 0 Å². The first-order valence-corrected chi connectivity index (χ1v) is 3.58. The van der Waals surface area contributed by atoms with E-state index in [4.69, 9.17) is 0 Å². The van der Waals surface area contributed by atoms with Crippen molar-refractivity contribution in [1.29, 1.82) is 0 Å². The minimum Gasteiger partial charge on any atom is -0.357 e. The Morgan fingerprint density at radius 2 is 1.60 bits per heavy atom. The van der Waals surface area contributed by atoms with Gasteiger partial charge in [0.25, 0.3) is 0 Å². The van der Waals surface area contributed by atoms with Crippen LogP contribution in [-0.4, -0.2) is 16.5 Å². The van der Waals surface area contributed by atoms with E-state index in [1.807, 2.05) is 0 Å². The summed E-state index contributed by atoms with van der Waals surface area (Å²) in [6, 6.07) is 0. The molecule has 2 heteroatoms. The van der Waals surface area contributed by atoms with Gasteiger partial charge in [0.1, 0.15) is 0 Å². The maximum absolute atomic E-state index is 2.32. The van der Waals surface area contributed by atoms with Crippen molar-refractivity contribution in [2.24, 2.45) is 7.05 Å². The van der Waals surface area contributed by atoms with Gasteiger partial charge in [0, 0.05) is 32.5 Å². The fourth-order valence-electron chi connectivity index (χ4n) is 1.62. The first kappa shape index (κ1) is 5.98. The first-order chi connectivity index (χ1) is 4.75. The lowest BCUT2D eigenvalue weighted by molar-refractivity contribution is 0.351. The molecule has 1 aromatic heterocycles. The molecule has 0 bridgehead atoms. The van der Waals surface area contributed by atoms with E-state index in [-0.39, 0.29) is 0 Å². The fraction of sp³-hybridized carbons (Fsp3) is 0.500. The molecule has 0 saturated carbocycles. The van der Waals surface area contributed by atoms with Gasteiger partial charge in [-0.2, -0.15) is 0 Å². The molecule has 2 nitrogen and oxygen atoms in total. The van der Waals surface area contributed by atoms with E-state index >= 15 is 0 Å². The number of rotatable bonds is 0. The summed E-state index contributed by atoms with van der Waals surface area (Å²) in [6.45, 7) is 2.24. The molecule has 0 amide bonds. The highest BCUT2D eigenvalue weighted by Gasteiger charge is 2.15. The van der Waals surface area contributed by atoms with Gasteiger partial charge in [0.15, 0.2) is 0 Å². The molecule has 0 aromatic carbocycles. The number of nitrogens with zero attached hydrogens (tertiary/aromatic N) is 2. The Bertz CT molecular complexity index is 226. The molecule has 0 aliphatic carbocycles. The lowest BCUT2D eigenvalue weighted by Gasteiger charge is -2.04. The molecule has 0 unspecified atom stereocenters. The number of hydrogen-bond acceptors (Lipinski definition) is 1. The van der Waals surface area contributed by atoms with Crippen LogP contribution in [0.2, 0.25) is 0 Å². The molecule has 0 atom stereocenters. The van der Waals surface area contributed by atoms with Crippen LogP contribution in [0.15, 0.2) is 12.4 Å². The van der Waals surface area contributed by atoms with Gasteiger partial charge in [0.2, 0.25) is 0 Å². The maximum atomic E-state index is 2.32. The Kier molecular flexibility index (Phi) is 1.11. The standard InChI is InChI=1S/C8H12N2/c1-9-3-7-5-10(2)6-8(7)4-9/h3-4H,5-6H2,1-2H3. The van der Waals surface area contributed by atoms with E-state index < -0.39 is 0 Å². The second-order valence-corrected chi connectivity index (χ2v) is 3.15. The molecule has 0 fully saturated rings. The van der Waals surface area contributed by atoms with E-state index in [2.05, 4.69) is 36.0 Å². The van der Waals surface area contributed by atoms with Crippen molar-refractivity contribution in [3.63, 3.8) is 0 Å². The van der Waals surface area contributed by atoms with Crippen LogP contribution in [-0.2, 0) is 20.1 Å². The van der Waals surface area contributed by atoms with Crippen LogP contribution in [0, 0.1) is 0 Å². The van der Waals surface area contributed by atoms with Crippen LogP contribution in [0.1, 0.15) is 11.1 Å². The Morgan fingerprint density at radius 3 is 2.10 bits per heavy atom. The molecular formula is C8H12N2. The van der Waals surface area contributed by atoms with Gasteiger partial charge in [-0.15, -0.1) is 0 Å². The highest BCUT2D eigenvalue weighted by Crippen LogP contribution is 2.20. The van der Waals surface area contributed by atoms with Gasteiger partial charge in [-0.25, -0.2) is 0 Å². The Morgan fingerprint density at radius 1 is 1.10 bits per heavy atom. The molecule has 1 aromatic rings. The number of aryl methyl sites for hydroxylation is 1. The summed E-state index contributed by atoms with van der Waals surface area (Å²) in [5.41, 5.74) is 2.98. The van der Waals surface area contributed by atoms with Crippen molar-refractivity contribution in [3.8, 4) is 0 Å². The Hall–Kier alpha value is -0.760. The zero-order valence-corrected chi connectivity index (χ0v) is 6.46. The normalized spacial score (nSPS) is 17.8. The van der Waals surface area contributed by atoms with E-state index in [9.17, 15) is 0 Å². The monoisotopic (exact) mass is 136 g/mol. The van der Waals surface area contributed by atoms with Crippen molar-refractivity contribution < 1.29 is 0 Å². The van der Waals surface area contributed by atoms with Crippen LogP contribution >= 0.6 is 0 Å². The van der Waals surface area contributed by atoms with Crippen LogP contribution < -0.4 is 0 Å². The van der Waals surface area contributed by atoms with Crippen LogP contribution in [0.25, 0.3) is 0 Å². The Labute approximate surface area is 61.1 Å². The molecule has 0 N–H and O–H groups in total. The van der Waals surface area contributed by atoms with E-state index in [1.165, 1.54) is 11.1 Å². The number of hydrogen-bond donors (Lipinski definition) is 0. The van der Waals surface area contributed by atoms with E-state index in [1.54, 1.807) is 0 Å². The largest absolute Gasteiger partial charge is 0.357 e. The molecular weight excluding hydrogens is 124 g/mol. The molecule has 0 spiro atoms. The van der Waals surface area contributed by atoms with E-state index in [0.717, 1.165) is 13.1 Å². The van der Waals surface area contributed by atoms with Crippen molar-refractivity contribution >= 4 is 0 Å². The zero-order chi connectivity index (χ0) is 7.14. The van der Waals surface area contributed by atoms with Gasteiger partial charge in [-0.1, -0.05) is 0 Å². The third-order valence-corrected chi connectivity index (χ3v) is 2.01. The average molecular weight is 136 g/mol. The first-order valence-electron chi connectivity index (χ1n) is 3.58. The lowest BCUT2D eigenvalue weighted by atomic mass is 10.2. The molecule has 2 heterocycles. The summed E-state index contributed by atoms with van der Waals surface area (Å²) in [5.74, 6) is 0. The van der Waals surface area contributed by atoms with Gasteiger partial charge in [-0.3, -0.25) is 4.90 Å².